The fourth-order valence-corrected chi connectivity index (χ4v) is 2.51. The third-order valence-electron chi connectivity index (χ3n) is 4.18. The summed E-state index contributed by atoms with van der Waals surface area (Å²) in [7, 11) is 0. The Hall–Kier alpha value is -1.31. The van der Waals surface area contributed by atoms with E-state index in [-0.39, 0.29) is 11.5 Å². The van der Waals surface area contributed by atoms with Gasteiger partial charge in [0, 0.05) is 5.02 Å². The molecular weight excluding hydrogens is 266 g/mol. The quantitative estimate of drug-likeness (QED) is 0.834. The van der Waals surface area contributed by atoms with Crippen LogP contribution in [0.25, 0.3) is 0 Å². The van der Waals surface area contributed by atoms with Crippen LogP contribution < -0.4 is 5.73 Å². The zero-order chi connectivity index (χ0) is 14.8. The highest BCUT2D eigenvalue weighted by molar-refractivity contribution is 6.31. The molecule has 2 rings (SSSR count). The predicted molar refractivity (Wildman–Crippen MR) is 87.2 cm³/mol. The third kappa shape index (κ3) is 3.05. The number of rotatable bonds is 4. The number of nitrogens with two attached hydrogens (primary N) is 1. The van der Waals surface area contributed by atoms with Gasteiger partial charge < -0.3 is 5.73 Å². The molecule has 20 heavy (non-hydrogen) atoms. The van der Waals surface area contributed by atoms with Gasteiger partial charge >= 0.3 is 0 Å². The van der Waals surface area contributed by atoms with Gasteiger partial charge in [-0.2, -0.15) is 0 Å². The number of halogens is 1. The van der Waals surface area contributed by atoms with Crippen molar-refractivity contribution in [3.63, 3.8) is 0 Å². The van der Waals surface area contributed by atoms with E-state index in [4.69, 9.17) is 17.3 Å². The molecule has 0 amide bonds. The van der Waals surface area contributed by atoms with Gasteiger partial charge in [0.25, 0.3) is 0 Å². The molecule has 0 aliphatic carbocycles. The molecule has 2 aromatic carbocycles. The first-order valence-corrected chi connectivity index (χ1v) is 7.44. The summed E-state index contributed by atoms with van der Waals surface area (Å²) in [5.74, 6) is 0. The molecule has 0 saturated heterocycles. The molecule has 2 N–H and O–H groups in total. The highest BCUT2D eigenvalue weighted by atomic mass is 35.5. The number of hydrogen-bond donors (Lipinski definition) is 1. The Bertz CT molecular complexity index is 572. The second-order valence-electron chi connectivity index (χ2n) is 5.86. The van der Waals surface area contributed by atoms with Gasteiger partial charge in [0.1, 0.15) is 0 Å². The van der Waals surface area contributed by atoms with Gasteiger partial charge in [0.15, 0.2) is 0 Å². The van der Waals surface area contributed by atoms with Crippen LogP contribution >= 0.6 is 11.6 Å². The van der Waals surface area contributed by atoms with Gasteiger partial charge in [-0.25, -0.2) is 0 Å². The van der Waals surface area contributed by atoms with E-state index in [0.717, 1.165) is 22.6 Å². The smallest absolute Gasteiger partial charge is 0.0566 e. The first-order chi connectivity index (χ1) is 9.45. The summed E-state index contributed by atoms with van der Waals surface area (Å²) in [5, 5.41) is 0.720. The number of benzene rings is 2. The van der Waals surface area contributed by atoms with Gasteiger partial charge in [-0.1, -0.05) is 74.8 Å². The zero-order valence-electron chi connectivity index (χ0n) is 12.4. The molecule has 0 bridgehead atoms. The van der Waals surface area contributed by atoms with E-state index >= 15 is 0 Å². The molecule has 0 saturated carbocycles. The first kappa shape index (κ1) is 15.1. The molecule has 1 nitrogen and oxygen atoms in total. The Morgan fingerprint density at radius 3 is 2.20 bits per heavy atom. The summed E-state index contributed by atoms with van der Waals surface area (Å²) in [6, 6.07) is 16.2. The lowest BCUT2D eigenvalue weighted by Gasteiger charge is -2.24. The Labute approximate surface area is 126 Å². The molecule has 1 atom stereocenters. The SMILES string of the molecule is CCC(C)(C)c1ccc(C(N)c2ccccc2Cl)cc1. The van der Waals surface area contributed by atoms with Crippen molar-refractivity contribution in [1.29, 1.82) is 0 Å². The molecule has 0 heterocycles. The van der Waals surface area contributed by atoms with Crippen molar-refractivity contribution in [2.24, 2.45) is 5.73 Å². The summed E-state index contributed by atoms with van der Waals surface area (Å²) >= 11 is 6.22. The molecule has 0 spiro atoms. The molecular formula is C18H22ClN. The van der Waals surface area contributed by atoms with E-state index in [0.29, 0.717) is 0 Å². The van der Waals surface area contributed by atoms with Crippen molar-refractivity contribution in [2.75, 3.05) is 0 Å². The Kier molecular flexibility index (Phi) is 4.52. The molecule has 0 aromatic heterocycles. The van der Waals surface area contributed by atoms with E-state index in [2.05, 4.69) is 45.0 Å². The van der Waals surface area contributed by atoms with Gasteiger partial charge in [-0.15, -0.1) is 0 Å². The van der Waals surface area contributed by atoms with Gasteiger partial charge in [0.2, 0.25) is 0 Å². The van der Waals surface area contributed by atoms with Crippen molar-refractivity contribution in [3.8, 4) is 0 Å². The monoisotopic (exact) mass is 287 g/mol. The maximum Gasteiger partial charge on any atom is 0.0566 e. The third-order valence-corrected chi connectivity index (χ3v) is 4.52. The van der Waals surface area contributed by atoms with Crippen molar-refractivity contribution in [1.82, 2.24) is 0 Å². The van der Waals surface area contributed by atoms with Gasteiger partial charge in [-0.3, -0.25) is 0 Å². The van der Waals surface area contributed by atoms with Gasteiger partial charge in [-0.05, 0) is 34.6 Å². The molecule has 1 unspecified atom stereocenters. The maximum absolute atomic E-state index is 6.32. The molecule has 0 aliphatic rings. The van der Waals surface area contributed by atoms with Crippen molar-refractivity contribution in [2.45, 2.75) is 38.6 Å². The lowest BCUT2D eigenvalue weighted by atomic mass is 9.81. The summed E-state index contributed by atoms with van der Waals surface area (Å²) in [5.41, 5.74) is 9.93. The van der Waals surface area contributed by atoms with Crippen LogP contribution in [0.5, 0.6) is 0 Å². The topological polar surface area (TPSA) is 26.0 Å². The summed E-state index contributed by atoms with van der Waals surface area (Å²) in [4.78, 5) is 0. The normalized spacial score (nSPS) is 13.2. The Balaban J connectivity index is 2.29. The van der Waals surface area contributed by atoms with E-state index in [1.807, 2.05) is 24.3 Å². The highest BCUT2D eigenvalue weighted by Gasteiger charge is 2.18. The molecule has 0 fully saturated rings. The summed E-state index contributed by atoms with van der Waals surface area (Å²) in [6.07, 6.45) is 1.11. The largest absolute Gasteiger partial charge is 0.320 e. The van der Waals surface area contributed by atoms with Crippen LogP contribution in [0.2, 0.25) is 5.02 Å². The van der Waals surface area contributed by atoms with E-state index in [1.165, 1.54) is 5.56 Å². The second kappa shape index (κ2) is 5.99. The van der Waals surface area contributed by atoms with E-state index in [9.17, 15) is 0 Å². The predicted octanol–water partition coefficient (Wildman–Crippen LogP) is 5.08. The summed E-state index contributed by atoms with van der Waals surface area (Å²) in [6.45, 7) is 6.73. The van der Waals surface area contributed by atoms with Crippen LogP contribution in [0.1, 0.15) is 49.9 Å². The zero-order valence-corrected chi connectivity index (χ0v) is 13.1. The molecule has 2 aromatic rings. The Morgan fingerprint density at radius 2 is 1.65 bits per heavy atom. The van der Waals surface area contributed by atoms with Crippen molar-refractivity contribution >= 4 is 11.6 Å². The lowest BCUT2D eigenvalue weighted by Crippen LogP contribution is -2.16. The minimum Gasteiger partial charge on any atom is -0.320 e. The Morgan fingerprint density at radius 1 is 1.05 bits per heavy atom. The fourth-order valence-electron chi connectivity index (χ4n) is 2.25. The first-order valence-electron chi connectivity index (χ1n) is 7.06. The van der Waals surface area contributed by atoms with Crippen molar-refractivity contribution < 1.29 is 0 Å². The second-order valence-corrected chi connectivity index (χ2v) is 6.27. The minimum atomic E-state index is -0.178. The molecule has 0 radical (unpaired) electrons. The van der Waals surface area contributed by atoms with Crippen LogP contribution in [0.15, 0.2) is 48.5 Å². The van der Waals surface area contributed by atoms with Crippen LogP contribution in [-0.4, -0.2) is 0 Å². The average Bonchev–Trinajstić information content (AvgIpc) is 2.47. The van der Waals surface area contributed by atoms with Crippen molar-refractivity contribution in [3.05, 3.63) is 70.2 Å². The fraction of sp³-hybridized carbons (Fsp3) is 0.333. The van der Waals surface area contributed by atoms with Crippen LogP contribution in [0.4, 0.5) is 0 Å². The molecule has 0 aliphatic heterocycles. The standard InChI is InChI=1S/C18H22ClN/c1-4-18(2,3)14-11-9-13(10-12-14)17(20)15-7-5-6-8-16(15)19/h5-12,17H,4,20H2,1-3H3. The minimum absolute atomic E-state index is 0.178. The molecule has 106 valence electrons. The maximum atomic E-state index is 6.32. The van der Waals surface area contributed by atoms with Gasteiger partial charge in [0.05, 0.1) is 6.04 Å². The molecule has 2 heteroatoms. The lowest BCUT2D eigenvalue weighted by molar-refractivity contribution is 0.506. The van der Waals surface area contributed by atoms with E-state index in [1.54, 1.807) is 0 Å². The number of hydrogen-bond acceptors (Lipinski definition) is 1. The van der Waals surface area contributed by atoms with Crippen LogP contribution in [0.3, 0.4) is 0 Å². The summed E-state index contributed by atoms with van der Waals surface area (Å²) < 4.78 is 0. The average molecular weight is 288 g/mol. The highest BCUT2D eigenvalue weighted by Crippen LogP contribution is 2.30. The van der Waals surface area contributed by atoms with E-state index < -0.39 is 0 Å². The van der Waals surface area contributed by atoms with Crippen LogP contribution in [-0.2, 0) is 5.41 Å². The van der Waals surface area contributed by atoms with Crippen LogP contribution in [0, 0.1) is 0 Å².